The number of benzene rings is 2. The maximum absolute atomic E-state index is 12.2. The van der Waals surface area contributed by atoms with E-state index in [2.05, 4.69) is 34.9 Å². The van der Waals surface area contributed by atoms with Crippen molar-refractivity contribution >= 4 is 11.6 Å². The Hall–Kier alpha value is -2.29. The Morgan fingerprint density at radius 3 is 2.76 bits per heavy atom. The highest BCUT2D eigenvalue weighted by Gasteiger charge is 2.25. The highest BCUT2D eigenvalue weighted by Crippen LogP contribution is 2.34. The molecule has 0 heterocycles. The summed E-state index contributed by atoms with van der Waals surface area (Å²) in [6.07, 6.45) is 1.06. The van der Waals surface area contributed by atoms with Crippen LogP contribution in [0.1, 0.15) is 33.0 Å². The van der Waals surface area contributed by atoms with Crippen molar-refractivity contribution in [3.8, 4) is 0 Å². The van der Waals surface area contributed by atoms with Crippen molar-refractivity contribution < 1.29 is 4.79 Å². The summed E-state index contributed by atoms with van der Waals surface area (Å²) in [5.41, 5.74) is 5.64. The molecule has 0 radical (unpaired) electrons. The number of carbonyl (C=O) groups excluding carboxylic acids is 1. The van der Waals surface area contributed by atoms with Gasteiger partial charge in [0.2, 0.25) is 0 Å². The van der Waals surface area contributed by atoms with E-state index in [1.807, 2.05) is 32.2 Å². The molecule has 0 spiro atoms. The van der Waals surface area contributed by atoms with Gasteiger partial charge in [-0.05, 0) is 48.2 Å². The van der Waals surface area contributed by atoms with Crippen molar-refractivity contribution in [1.29, 1.82) is 0 Å². The molecule has 3 nitrogen and oxygen atoms in total. The lowest BCUT2D eigenvalue weighted by atomic mass is 9.77. The summed E-state index contributed by atoms with van der Waals surface area (Å²) >= 11 is 0. The first-order valence-corrected chi connectivity index (χ1v) is 7.33. The highest BCUT2D eigenvalue weighted by atomic mass is 16.1. The van der Waals surface area contributed by atoms with Gasteiger partial charge in [-0.3, -0.25) is 4.79 Å². The third kappa shape index (κ3) is 2.64. The second-order valence-electron chi connectivity index (χ2n) is 5.59. The van der Waals surface area contributed by atoms with Gasteiger partial charge in [0.25, 0.3) is 5.91 Å². The molecule has 0 fully saturated rings. The van der Waals surface area contributed by atoms with E-state index >= 15 is 0 Å². The molecule has 2 N–H and O–H groups in total. The largest absolute Gasteiger partial charge is 0.388 e. The Kier molecular flexibility index (Phi) is 3.65. The van der Waals surface area contributed by atoms with Gasteiger partial charge >= 0.3 is 0 Å². The standard InChI is InChI=1S/C18H20N2O/c1-12-9-14(7-8-17(12)19-2)18(21)20-11-15-10-13-5-3-4-6-16(13)15/h3-9,15,19H,10-11H2,1-2H3,(H,20,21). The van der Waals surface area contributed by atoms with E-state index in [0.29, 0.717) is 12.5 Å². The zero-order valence-corrected chi connectivity index (χ0v) is 12.4. The molecule has 0 saturated carbocycles. The van der Waals surface area contributed by atoms with Crippen LogP contribution in [0.5, 0.6) is 0 Å². The fourth-order valence-electron chi connectivity index (χ4n) is 2.95. The lowest BCUT2D eigenvalue weighted by Crippen LogP contribution is -2.33. The summed E-state index contributed by atoms with van der Waals surface area (Å²) in [6.45, 7) is 2.72. The van der Waals surface area contributed by atoms with E-state index in [9.17, 15) is 4.79 Å². The number of hydrogen-bond donors (Lipinski definition) is 2. The van der Waals surface area contributed by atoms with Crippen LogP contribution in [-0.4, -0.2) is 19.5 Å². The number of hydrogen-bond acceptors (Lipinski definition) is 2. The SMILES string of the molecule is CNc1ccc(C(=O)NCC2Cc3ccccc32)cc1C. The third-order valence-electron chi connectivity index (χ3n) is 4.23. The van der Waals surface area contributed by atoms with E-state index in [0.717, 1.165) is 23.2 Å². The zero-order valence-electron chi connectivity index (χ0n) is 12.4. The smallest absolute Gasteiger partial charge is 0.251 e. The van der Waals surface area contributed by atoms with Crippen molar-refractivity contribution in [2.24, 2.45) is 0 Å². The monoisotopic (exact) mass is 280 g/mol. The molecule has 1 aliphatic rings. The van der Waals surface area contributed by atoms with Gasteiger partial charge in [0.05, 0.1) is 0 Å². The molecule has 108 valence electrons. The average molecular weight is 280 g/mol. The maximum Gasteiger partial charge on any atom is 0.251 e. The molecule has 21 heavy (non-hydrogen) atoms. The van der Waals surface area contributed by atoms with Crippen LogP contribution in [0.2, 0.25) is 0 Å². The Balaban J connectivity index is 1.62. The fraction of sp³-hybridized carbons (Fsp3) is 0.278. The molecule has 0 bridgehead atoms. The average Bonchev–Trinajstić information content (AvgIpc) is 2.48. The molecular formula is C18H20N2O. The fourth-order valence-corrected chi connectivity index (χ4v) is 2.95. The van der Waals surface area contributed by atoms with Crippen LogP contribution in [-0.2, 0) is 6.42 Å². The third-order valence-corrected chi connectivity index (χ3v) is 4.23. The van der Waals surface area contributed by atoms with Gasteiger partial charge in [-0.2, -0.15) is 0 Å². The number of anilines is 1. The minimum Gasteiger partial charge on any atom is -0.388 e. The van der Waals surface area contributed by atoms with Crippen LogP contribution in [0.4, 0.5) is 5.69 Å². The summed E-state index contributed by atoms with van der Waals surface area (Å²) in [4.78, 5) is 12.2. The molecule has 3 heteroatoms. The highest BCUT2D eigenvalue weighted by molar-refractivity contribution is 5.95. The topological polar surface area (TPSA) is 41.1 Å². The minimum absolute atomic E-state index is 0.00475. The lowest BCUT2D eigenvalue weighted by molar-refractivity contribution is 0.0950. The molecule has 2 aromatic rings. The minimum atomic E-state index is 0.00475. The number of nitrogens with one attached hydrogen (secondary N) is 2. The Labute approximate surface area is 125 Å². The molecule has 0 aromatic heterocycles. The predicted octanol–water partition coefficient (Wildman–Crippen LogP) is 3.11. The van der Waals surface area contributed by atoms with Crippen molar-refractivity contribution in [3.05, 3.63) is 64.7 Å². The summed E-state index contributed by atoms with van der Waals surface area (Å²) < 4.78 is 0. The van der Waals surface area contributed by atoms with Crippen molar-refractivity contribution in [2.75, 3.05) is 18.9 Å². The molecule has 0 saturated heterocycles. The number of amides is 1. The summed E-state index contributed by atoms with van der Waals surface area (Å²) in [5, 5.41) is 6.16. The first-order valence-electron chi connectivity index (χ1n) is 7.33. The van der Waals surface area contributed by atoms with Crippen LogP contribution >= 0.6 is 0 Å². The predicted molar refractivity (Wildman–Crippen MR) is 85.9 cm³/mol. The van der Waals surface area contributed by atoms with E-state index < -0.39 is 0 Å². The van der Waals surface area contributed by atoms with Crippen LogP contribution in [0.15, 0.2) is 42.5 Å². The summed E-state index contributed by atoms with van der Waals surface area (Å²) in [5.74, 6) is 0.466. The van der Waals surface area contributed by atoms with Gasteiger partial charge in [-0.1, -0.05) is 24.3 Å². The number of fused-ring (bicyclic) bond motifs is 1. The second kappa shape index (κ2) is 5.60. The molecule has 2 aromatic carbocycles. The Bertz CT molecular complexity index is 679. The molecule has 1 atom stereocenters. The number of carbonyl (C=O) groups is 1. The molecule has 1 unspecified atom stereocenters. The van der Waals surface area contributed by atoms with Gasteiger partial charge in [-0.25, -0.2) is 0 Å². The Morgan fingerprint density at radius 2 is 2.05 bits per heavy atom. The van der Waals surface area contributed by atoms with Crippen LogP contribution in [0, 0.1) is 6.92 Å². The first kappa shape index (κ1) is 13.7. The van der Waals surface area contributed by atoms with E-state index in [1.54, 1.807) is 0 Å². The van der Waals surface area contributed by atoms with E-state index in [-0.39, 0.29) is 5.91 Å². The van der Waals surface area contributed by atoms with Gasteiger partial charge < -0.3 is 10.6 Å². The van der Waals surface area contributed by atoms with Gasteiger partial charge in [0, 0.05) is 30.8 Å². The molecular weight excluding hydrogens is 260 g/mol. The molecule has 0 aliphatic heterocycles. The first-order chi connectivity index (χ1) is 10.2. The van der Waals surface area contributed by atoms with E-state index in [1.165, 1.54) is 11.1 Å². The van der Waals surface area contributed by atoms with Crippen LogP contribution in [0.25, 0.3) is 0 Å². The van der Waals surface area contributed by atoms with Crippen LogP contribution in [0.3, 0.4) is 0 Å². The normalized spacial score (nSPS) is 15.8. The Morgan fingerprint density at radius 1 is 1.24 bits per heavy atom. The quantitative estimate of drug-likeness (QED) is 0.903. The van der Waals surface area contributed by atoms with Crippen molar-refractivity contribution in [1.82, 2.24) is 5.32 Å². The van der Waals surface area contributed by atoms with Crippen LogP contribution < -0.4 is 10.6 Å². The molecule has 1 aliphatic carbocycles. The van der Waals surface area contributed by atoms with Gasteiger partial charge in [-0.15, -0.1) is 0 Å². The summed E-state index contributed by atoms with van der Waals surface area (Å²) in [6, 6.07) is 14.2. The lowest BCUT2D eigenvalue weighted by Gasteiger charge is -2.30. The second-order valence-corrected chi connectivity index (χ2v) is 5.59. The van der Waals surface area contributed by atoms with Gasteiger partial charge in [0.15, 0.2) is 0 Å². The van der Waals surface area contributed by atoms with E-state index in [4.69, 9.17) is 0 Å². The molecule has 1 amide bonds. The number of aryl methyl sites for hydroxylation is 1. The number of rotatable bonds is 4. The zero-order chi connectivity index (χ0) is 14.8. The molecule has 3 rings (SSSR count). The van der Waals surface area contributed by atoms with Crippen molar-refractivity contribution in [3.63, 3.8) is 0 Å². The maximum atomic E-state index is 12.2. The van der Waals surface area contributed by atoms with Gasteiger partial charge in [0.1, 0.15) is 0 Å². The van der Waals surface area contributed by atoms with Crippen molar-refractivity contribution in [2.45, 2.75) is 19.3 Å². The summed E-state index contributed by atoms with van der Waals surface area (Å²) in [7, 11) is 1.89.